The number of rotatable bonds is 5. The smallest absolute Gasteiger partial charge is 0.409 e. The SMILES string of the molecule is CCC(/C=C(/C(=O)OC)[N+](=O)[O-])CC. The Hall–Kier alpha value is -1.39. The molecule has 0 radical (unpaired) electrons. The van der Waals surface area contributed by atoms with Crippen LogP contribution in [0.2, 0.25) is 0 Å². The van der Waals surface area contributed by atoms with Crippen LogP contribution in [0, 0.1) is 16.0 Å². The number of nitrogens with zero attached hydrogens (tertiary/aromatic N) is 1. The summed E-state index contributed by atoms with van der Waals surface area (Å²) in [6.45, 7) is 3.83. The zero-order chi connectivity index (χ0) is 11.1. The van der Waals surface area contributed by atoms with Crippen molar-refractivity contribution in [3.05, 3.63) is 21.9 Å². The first-order valence-electron chi connectivity index (χ1n) is 4.51. The molecule has 80 valence electrons. The second-order valence-electron chi connectivity index (χ2n) is 2.88. The van der Waals surface area contributed by atoms with Crippen LogP contribution in [0.3, 0.4) is 0 Å². The Balaban J connectivity index is 4.80. The number of ether oxygens (including phenoxy) is 1. The first-order chi connectivity index (χ1) is 6.56. The molecule has 0 aliphatic carbocycles. The standard InChI is InChI=1S/C9H15NO4/c1-4-7(5-2)6-8(10(12)13)9(11)14-3/h6-7H,4-5H2,1-3H3/b8-6-. The van der Waals surface area contributed by atoms with Crippen LogP contribution in [0.15, 0.2) is 11.8 Å². The van der Waals surface area contributed by atoms with Crippen molar-refractivity contribution in [3.8, 4) is 0 Å². The molecule has 0 bridgehead atoms. The van der Waals surface area contributed by atoms with Crippen molar-refractivity contribution in [2.75, 3.05) is 7.11 Å². The minimum absolute atomic E-state index is 0.0505. The second-order valence-corrected chi connectivity index (χ2v) is 2.88. The van der Waals surface area contributed by atoms with Gasteiger partial charge in [0.2, 0.25) is 0 Å². The van der Waals surface area contributed by atoms with Crippen molar-refractivity contribution in [2.24, 2.45) is 5.92 Å². The van der Waals surface area contributed by atoms with E-state index in [4.69, 9.17) is 0 Å². The topological polar surface area (TPSA) is 69.4 Å². The lowest BCUT2D eigenvalue weighted by Gasteiger charge is -2.05. The summed E-state index contributed by atoms with van der Waals surface area (Å²) < 4.78 is 4.31. The van der Waals surface area contributed by atoms with Gasteiger partial charge in [-0.3, -0.25) is 10.1 Å². The third kappa shape index (κ3) is 3.55. The fraction of sp³-hybridized carbons (Fsp3) is 0.667. The van der Waals surface area contributed by atoms with Crippen LogP contribution in [0.5, 0.6) is 0 Å². The Morgan fingerprint density at radius 3 is 2.29 bits per heavy atom. The Bertz CT molecular complexity index is 243. The maximum Gasteiger partial charge on any atom is 0.409 e. The van der Waals surface area contributed by atoms with Crippen molar-refractivity contribution in [2.45, 2.75) is 26.7 Å². The number of hydrogen-bond acceptors (Lipinski definition) is 4. The van der Waals surface area contributed by atoms with Gasteiger partial charge in [-0.1, -0.05) is 13.8 Å². The second kappa shape index (κ2) is 6.12. The Kier molecular flexibility index (Phi) is 5.52. The average molecular weight is 201 g/mol. The molecular formula is C9H15NO4. The average Bonchev–Trinajstić information content (AvgIpc) is 2.18. The lowest BCUT2D eigenvalue weighted by atomic mass is 10.0. The molecule has 5 heteroatoms. The summed E-state index contributed by atoms with van der Waals surface area (Å²) in [5.41, 5.74) is -0.471. The molecule has 0 aromatic heterocycles. The normalized spacial score (nSPS) is 11.6. The zero-order valence-electron chi connectivity index (χ0n) is 8.65. The molecule has 0 N–H and O–H groups in total. The van der Waals surface area contributed by atoms with Gasteiger partial charge >= 0.3 is 11.7 Å². The molecule has 0 atom stereocenters. The largest absolute Gasteiger partial charge is 0.461 e. The Morgan fingerprint density at radius 1 is 1.50 bits per heavy atom. The van der Waals surface area contributed by atoms with Gasteiger partial charge in [-0.25, -0.2) is 4.79 Å². The highest BCUT2D eigenvalue weighted by molar-refractivity contribution is 5.85. The van der Waals surface area contributed by atoms with Crippen LogP contribution in [-0.4, -0.2) is 18.0 Å². The van der Waals surface area contributed by atoms with Crippen LogP contribution < -0.4 is 0 Å². The molecule has 0 aromatic carbocycles. The molecule has 0 rings (SSSR count). The van der Waals surface area contributed by atoms with Gasteiger partial charge in [-0.2, -0.15) is 0 Å². The van der Waals surface area contributed by atoms with Gasteiger partial charge in [0, 0.05) is 6.08 Å². The van der Waals surface area contributed by atoms with Gasteiger partial charge in [0.05, 0.1) is 12.0 Å². The monoisotopic (exact) mass is 201 g/mol. The summed E-state index contributed by atoms with van der Waals surface area (Å²) in [6, 6.07) is 0. The lowest BCUT2D eigenvalue weighted by molar-refractivity contribution is -0.421. The molecule has 0 spiro atoms. The number of allylic oxidation sites excluding steroid dienone is 1. The summed E-state index contributed by atoms with van der Waals surface area (Å²) in [5, 5.41) is 10.5. The summed E-state index contributed by atoms with van der Waals surface area (Å²) in [4.78, 5) is 20.8. The first kappa shape index (κ1) is 12.6. The van der Waals surface area contributed by atoms with E-state index in [0.29, 0.717) is 0 Å². The summed E-state index contributed by atoms with van der Waals surface area (Å²) in [5.74, 6) is -0.837. The predicted molar refractivity (Wildman–Crippen MR) is 51.2 cm³/mol. The van der Waals surface area contributed by atoms with Crippen LogP contribution in [0.25, 0.3) is 0 Å². The minimum atomic E-state index is -0.887. The van der Waals surface area contributed by atoms with E-state index >= 15 is 0 Å². The molecule has 0 saturated heterocycles. The van der Waals surface area contributed by atoms with Crippen LogP contribution in [0.4, 0.5) is 0 Å². The van der Waals surface area contributed by atoms with Crippen molar-refractivity contribution in [1.82, 2.24) is 0 Å². The molecule has 0 aliphatic rings. The van der Waals surface area contributed by atoms with Gasteiger partial charge in [-0.15, -0.1) is 0 Å². The summed E-state index contributed by atoms with van der Waals surface area (Å²) in [7, 11) is 1.13. The molecular weight excluding hydrogens is 186 g/mol. The van der Waals surface area contributed by atoms with Crippen molar-refractivity contribution in [3.63, 3.8) is 0 Å². The molecule has 0 aromatic rings. The number of carbonyl (C=O) groups excluding carboxylic acids is 1. The maximum absolute atomic E-state index is 11.0. The van der Waals surface area contributed by atoms with E-state index in [1.54, 1.807) is 0 Å². The molecule has 0 amide bonds. The van der Waals surface area contributed by atoms with Gasteiger partial charge in [0.15, 0.2) is 0 Å². The fourth-order valence-corrected chi connectivity index (χ4v) is 1.06. The summed E-state index contributed by atoms with van der Waals surface area (Å²) >= 11 is 0. The van der Waals surface area contributed by atoms with E-state index in [0.717, 1.165) is 20.0 Å². The molecule has 0 saturated carbocycles. The van der Waals surface area contributed by atoms with E-state index in [1.165, 1.54) is 6.08 Å². The van der Waals surface area contributed by atoms with E-state index in [9.17, 15) is 14.9 Å². The molecule has 5 nitrogen and oxygen atoms in total. The third-order valence-electron chi connectivity index (χ3n) is 2.03. The molecule has 0 unspecified atom stereocenters. The Morgan fingerprint density at radius 2 is 2.00 bits per heavy atom. The highest BCUT2D eigenvalue weighted by Crippen LogP contribution is 2.13. The number of esters is 1. The molecule has 14 heavy (non-hydrogen) atoms. The van der Waals surface area contributed by atoms with E-state index in [2.05, 4.69) is 4.74 Å². The van der Waals surface area contributed by atoms with Gasteiger partial charge < -0.3 is 4.74 Å². The van der Waals surface area contributed by atoms with Gasteiger partial charge in [-0.05, 0) is 18.8 Å². The molecule has 0 fully saturated rings. The predicted octanol–water partition coefficient (Wildman–Crippen LogP) is 1.76. The Labute approximate surface area is 82.9 Å². The van der Waals surface area contributed by atoms with E-state index in [-0.39, 0.29) is 5.92 Å². The third-order valence-corrected chi connectivity index (χ3v) is 2.03. The molecule has 0 heterocycles. The number of hydrogen-bond donors (Lipinski definition) is 0. The van der Waals surface area contributed by atoms with Crippen LogP contribution >= 0.6 is 0 Å². The highest BCUT2D eigenvalue weighted by Gasteiger charge is 2.23. The first-order valence-corrected chi connectivity index (χ1v) is 4.51. The summed E-state index contributed by atoms with van der Waals surface area (Å²) in [6.07, 6.45) is 2.90. The van der Waals surface area contributed by atoms with Crippen LogP contribution in [-0.2, 0) is 9.53 Å². The zero-order valence-corrected chi connectivity index (χ0v) is 8.65. The van der Waals surface area contributed by atoms with E-state index in [1.807, 2.05) is 13.8 Å². The highest BCUT2D eigenvalue weighted by atomic mass is 16.6. The van der Waals surface area contributed by atoms with Crippen molar-refractivity contribution >= 4 is 5.97 Å². The number of carbonyl (C=O) groups is 1. The van der Waals surface area contributed by atoms with Crippen molar-refractivity contribution < 1.29 is 14.5 Å². The van der Waals surface area contributed by atoms with Crippen molar-refractivity contribution in [1.29, 1.82) is 0 Å². The maximum atomic E-state index is 11.0. The van der Waals surface area contributed by atoms with Gasteiger partial charge in [0.25, 0.3) is 0 Å². The van der Waals surface area contributed by atoms with E-state index < -0.39 is 16.6 Å². The number of methoxy groups -OCH3 is 1. The van der Waals surface area contributed by atoms with Gasteiger partial charge in [0.1, 0.15) is 0 Å². The minimum Gasteiger partial charge on any atom is -0.461 e. The number of nitro groups is 1. The fourth-order valence-electron chi connectivity index (χ4n) is 1.06. The quantitative estimate of drug-likeness (QED) is 0.294. The van der Waals surface area contributed by atoms with Crippen LogP contribution in [0.1, 0.15) is 26.7 Å². The lowest BCUT2D eigenvalue weighted by Crippen LogP contribution is -2.14. The molecule has 0 aliphatic heterocycles.